The minimum Gasteiger partial charge on any atom is -0.487 e. The van der Waals surface area contributed by atoms with E-state index in [4.69, 9.17) is 39.9 Å². The van der Waals surface area contributed by atoms with Gasteiger partial charge in [0.2, 0.25) is 0 Å². The summed E-state index contributed by atoms with van der Waals surface area (Å²) >= 11 is 9.30. The van der Waals surface area contributed by atoms with Gasteiger partial charge in [0.05, 0.1) is 16.1 Å². The van der Waals surface area contributed by atoms with Crippen LogP contribution < -0.4 is 31.2 Å². The van der Waals surface area contributed by atoms with Crippen LogP contribution in [0.25, 0.3) is 0 Å². The second kappa shape index (κ2) is 10.9. The zero-order valence-corrected chi connectivity index (χ0v) is 20.3. The number of rotatable bonds is 7. The molecule has 0 spiro atoms. The van der Waals surface area contributed by atoms with Crippen LogP contribution in [0.4, 0.5) is 18.9 Å². The lowest BCUT2D eigenvalue weighted by molar-refractivity contribution is -0.274. The quantitative estimate of drug-likeness (QED) is 0.425. The highest BCUT2D eigenvalue weighted by Gasteiger charge is 2.31. The van der Waals surface area contributed by atoms with E-state index in [1.165, 1.54) is 30.3 Å². The normalized spacial score (nSPS) is 11.1. The zero-order chi connectivity index (χ0) is 26.8. The first-order valence-electron chi connectivity index (χ1n) is 9.76. The molecule has 178 valence electrons. The van der Waals surface area contributed by atoms with Crippen LogP contribution >= 0.6 is 27.5 Å². The van der Waals surface area contributed by atoms with Gasteiger partial charge in [-0.05, 0) is 35.9 Å². The van der Waals surface area contributed by atoms with Crippen LogP contribution in [0.5, 0.6) is 11.5 Å². The third-order valence-electron chi connectivity index (χ3n) is 4.71. The van der Waals surface area contributed by atoms with E-state index < -0.39 is 29.6 Å². The van der Waals surface area contributed by atoms with Gasteiger partial charge in [-0.15, -0.1) is 18.6 Å². The molecule has 0 atom stereocenters. The van der Waals surface area contributed by atoms with Gasteiger partial charge in [0, 0.05) is 10.2 Å². The molecule has 0 unspecified atom stereocenters. The molecule has 0 bridgehead atoms. The minimum absolute atomic E-state index is 0.0492. The topological polar surface area (TPSA) is 84.9 Å². The van der Waals surface area contributed by atoms with Gasteiger partial charge in [-0.2, -0.15) is 0 Å². The number of benzene rings is 3. The Hall–Kier alpha value is -3.05. The number of carbonyl (C=O) groups excluding carboxylic acids is 1. The maximum absolute atomic E-state index is 12.9. The van der Waals surface area contributed by atoms with E-state index in [-0.39, 0.29) is 49.5 Å². The van der Waals surface area contributed by atoms with Crippen molar-refractivity contribution >= 4 is 85.0 Å². The van der Waals surface area contributed by atoms with Gasteiger partial charge in [-0.3, -0.25) is 4.79 Å². The second-order valence-electron chi connectivity index (χ2n) is 7.19. The van der Waals surface area contributed by atoms with E-state index in [2.05, 4.69) is 26.0 Å². The summed E-state index contributed by atoms with van der Waals surface area (Å²) in [5.41, 5.74) is -0.965. The number of carboxylic acids is 1. The maximum atomic E-state index is 12.9. The van der Waals surface area contributed by atoms with E-state index in [0.29, 0.717) is 5.56 Å². The van der Waals surface area contributed by atoms with Crippen LogP contribution in [0.3, 0.4) is 0 Å². The first-order chi connectivity index (χ1) is 16.8. The predicted octanol–water partition coefficient (Wildman–Crippen LogP) is 2.91. The first-order valence-corrected chi connectivity index (χ1v) is 10.9. The number of carbonyl (C=O) groups is 2. The Kier molecular flexibility index (Phi) is 8.35. The standard InChI is InChI=1S/C22H11B3BrClF3NO5/c23-16-14(21(33)34)15(19(26)18(25)17(16)24)20(32)31-10-4-5-13(12(27)7-10)35-8-9-2-1-3-11(6-9)36-22(28,29)30/h1-7H,8H2,(H,31,32)(H,33,34). The van der Waals surface area contributed by atoms with Crippen molar-refractivity contribution in [3.63, 3.8) is 0 Å². The van der Waals surface area contributed by atoms with Gasteiger partial charge in [0.1, 0.15) is 41.6 Å². The van der Waals surface area contributed by atoms with Gasteiger partial charge in [0.25, 0.3) is 5.91 Å². The number of hydrogen-bond donors (Lipinski definition) is 2. The molecule has 0 aromatic heterocycles. The number of nitrogens with one attached hydrogen (secondary N) is 1. The molecule has 0 heterocycles. The number of aromatic carboxylic acids is 1. The van der Waals surface area contributed by atoms with Gasteiger partial charge in [0.15, 0.2) is 0 Å². The molecule has 2 N–H and O–H groups in total. The third kappa shape index (κ3) is 6.39. The molecule has 1 amide bonds. The predicted molar refractivity (Wildman–Crippen MR) is 134 cm³/mol. The molecule has 0 saturated carbocycles. The second-order valence-corrected chi connectivity index (χ2v) is 8.39. The van der Waals surface area contributed by atoms with Crippen molar-refractivity contribution in [3.8, 4) is 11.5 Å². The van der Waals surface area contributed by atoms with E-state index in [1.807, 2.05) is 0 Å². The fourth-order valence-corrected chi connectivity index (χ4v) is 3.92. The van der Waals surface area contributed by atoms with Crippen molar-refractivity contribution in [1.82, 2.24) is 0 Å². The Bertz CT molecular complexity index is 1360. The molecule has 3 aromatic rings. The number of halogens is 5. The highest BCUT2D eigenvalue weighted by atomic mass is 79.9. The lowest BCUT2D eigenvalue weighted by atomic mass is 9.69. The summed E-state index contributed by atoms with van der Waals surface area (Å²) in [5.74, 6) is -2.57. The van der Waals surface area contributed by atoms with Crippen LogP contribution in [-0.4, -0.2) is 46.9 Å². The molecule has 0 aliphatic rings. The number of carboxylic acid groups (broad SMARTS) is 1. The summed E-state index contributed by atoms with van der Waals surface area (Å²) < 4.78 is 46.6. The lowest BCUT2D eigenvalue weighted by Crippen LogP contribution is -2.45. The van der Waals surface area contributed by atoms with Crippen LogP contribution in [0.1, 0.15) is 26.3 Å². The SMILES string of the molecule is [B]c1c([B])c(Br)c(C(=O)Nc2ccc(OCc3cccc(OC(F)(F)F)c3)c(Cl)c2)c(C(=O)O)c1[B]. The van der Waals surface area contributed by atoms with Crippen LogP contribution in [0.2, 0.25) is 5.02 Å². The lowest BCUT2D eigenvalue weighted by Gasteiger charge is -2.18. The molecule has 36 heavy (non-hydrogen) atoms. The van der Waals surface area contributed by atoms with Crippen LogP contribution in [0, 0.1) is 0 Å². The summed E-state index contributed by atoms with van der Waals surface area (Å²) in [6.07, 6.45) is -4.83. The summed E-state index contributed by atoms with van der Waals surface area (Å²) in [6, 6.07) is 9.38. The Morgan fingerprint density at radius 2 is 1.72 bits per heavy atom. The highest BCUT2D eigenvalue weighted by molar-refractivity contribution is 9.10. The fraction of sp³-hybridized carbons (Fsp3) is 0.0909. The summed E-state index contributed by atoms with van der Waals surface area (Å²) in [4.78, 5) is 24.6. The average molecular weight is 574 g/mol. The van der Waals surface area contributed by atoms with E-state index >= 15 is 0 Å². The molecular weight excluding hydrogens is 563 g/mol. The molecule has 3 aromatic carbocycles. The summed E-state index contributed by atoms with van der Waals surface area (Å²) in [7, 11) is 17.3. The monoisotopic (exact) mass is 573 g/mol. The van der Waals surface area contributed by atoms with Crippen molar-refractivity contribution in [2.45, 2.75) is 13.0 Å². The highest BCUT2D eigenvalue weighted by Crippen LogP contribution is 2.30. The number of alkyl halides is 3. The van der Waals surface area contributed by atoms with Crippen molar-refractivity contribution in [2.75, 3.05) is 5.32 Å². The van der Waals surface area contributed by atoms with Crippen molar-refractivity contribution in [3.05, 3.63) is 68.7 Å². The van der Waals surface area contributed by atoms with Crippen molar-refractivity contribution in [1.29, 1.82) is 0 Å². The van der Waals surface area contributed by atoms with E-state index in [0.717, 1.165) is 12.1 Å². The van der Waals surface area contributed by atoms with Gasteiger partial charge in [-0.25, -0.2) is 4.79 Å². The Balaban J connectivity index is 1.77. The number of amides is 1. The Morgan fingerprint density at radius 1 is 1.03 bits per heavy atom. The van der Waals surface area contributed by atoms with E-state index in [9.17, 15) is 27.9 Å². The van der Waals surface area contributed by atoms with E-state index in [1.54, 1.807) is 0 Å². The molecule has 0 aliphatic heterocycles. The molecular formula is C22H11B3BrClF3NO5. The van der Waals surface area contributed by atoms with Crippen molar-refractivity contribution in [2.24, 2.45) is 0 Å². The average Bonchev–Trinajstić information content (AvgIpc) is 2.78. The molecule has 3 rings (SSSR count). The molecule has 14 heteroatoms. The zero-order valence-electron chi connectivity index (χ0n) is 18.0. The first kappa shape index (κ1) is 27.5. The molecule has 0 aliphatic carbocycles. The van der Waals surface area contributed by atoms with Crippen LogP contribution in [-0.2, 0) is 6.61 Å². The number of anilines is 1. The smallest absolute Gasteiger partial charge is 0.487 e. The summed E-state index contributed by atoms with van der Waals surface area (Å²) in [6.45, 7) is -0.126. The summed E-state index contributed by atoms with van der Waals surface area (Å²) in [5, 5.41) is 12.1. The van der Waals surface area contributed by atoms with Gasteiger partial charge >= 0.3 is 12.3 Å². The minimum atomic E-state index is -4.83. The third-order valence-corrected chi connectivity index (χ3v) is 5.83. The Labute approximate surface area is 220 Å². The largest absolute Gasteiger partial charge is 0.573 e. The fourth-order valence-electron chi connectivity index (χ4n) is 3.10. The van der Waals surface area contributed by atoms with Crippen molar-refractivity contribution < 1.29 is 37.3 Å². The maximum Gasteiger partial charge on any atom is 0.573 e. The van der Waals surface area contributed by atoms with Gasteiger partial charge in [-0.1, -0.05) is 50.6 Å². The number of hydrogen-bond acceptors (Lipinski definition) is 4. The Morgan fingerprint density at radius 3 is 2.33 bits per heavy atom. The molecule has 0 saturated heterocycles. The molecule has 6 radical (unpaired) electrons. The number of ether oxygens (including phenoxy) is 2. The molecule has 6 nitrogen and oxygen atoms in total. The van der Waals surface area contributed by atoms with Crippen LogP contribution in [0.15, 0.2) is 46.9 Å². The molecule has 0 fully saturated rings. The van der Waals surface area contributed by atoms with Gasteiger partial charge < -0.3 is 19.9 Å².